The Morgan fingerprint density at radius 2 is 1.94 bits per heavy atom. The number of carbonyl (C=O) groups excluding carboxylic acids is 2. The van der Waals surface area contributed by atoms with E-state index in [0.29, 0.717) is 19.3 Å². The first-order valence-corrected chi connectivity index (χ1v) is 5.97. The van der Waals surface area contributed by atoms with Gasteiger partial charge in [-0.2, -0.15) is 0 Å². The van der Waals surface area contributed by atoms with Crippen LogP contribution in [0.3, 0.4) is 0 Å². The number of hydrogen-bond acceptors (Lipinski definition) is 3. The van der Waals surface area contributed by atoms with Crippen molar-refractivity contribution in [3.8, 4) is 0 Å². The lowest BCUT2D eigenvalue weighted by molar-refractivity contribution is -0.122. The van der Waals surface area contributed by atoms with Crippen molar-refractivity contribution in [2.24, 2.45) is 11.7 Å². The molecule has 1 aromatic carbocycles. The fraction of sp³-hybridized carbons (Fsp3) is 0.429. The molecule has 2 unspecified atom stereocenters. The molecule has 1 aliphatic carbocycles. The summed E-state index contributed by atoms with van der Waals surface area (Å²) in [6.45, 7) is 1.99. The van der Waals surface area contributed by atoms with Gasteiger partial charge in [0.25, 0.3) is 0 Å². The number of benzene rings is 1. The molecule has 2 N–H and O–H groups in total. The summed E-state index contributed by atoms with van der Waals surface area (Å²) in [5, 5.41) is 0. The summed E-state index contributed by atoms with van der Waals surface area (Å²) in [6.07, 6.45) is 1.56. The molecule has 1 saturated carbocycles. The minimum Gasteiger partial charge on any atom is -0.321 e. The zero-order valence-electron chi connectivity index (χ0n) is 9.98. The second-order valence-corrected chi connectivity index (χ2v) is 4.77. The molecule has 3 heteroatoms. The Morgan fingerprint density at radius 3 is 2.53 bits per heavy atom. The highest BCUT2D eigenvalue weighted by atomic mass is 16.1. The van der Waals surface area contributed by atoms with Gasteiger partial charge in [-0.05, 0) is 19.8 Å². The van der Waals surface area contributed by atoms with Gasteiger partial charge < -0.3 is 5.73 Å². The Bertz CT molecular complexity index is 436. The monoisotopic (exact) mass is 231 g/mol. The molecule has 1 aliphatic rings. The minimum absolute atomic E-state index is 0.0814. The third-order valence-corrected chi connectivity index (χ3v) is 3.40. The van der Waals surface area contributed by atoms with Gasteiger partial charge in [0, 0.05) is 17.9 Å². The highest BCUT2D eigenvalue weighted by Crippen LogP contribution is 2.24. The van der Waals surface area contributed by atoms with Gasteiger partial charge in [0.2, 0.25) is 0 Å². The van der Waals surface area contributed by atoms with E-state index in [1.54, 1.807) is 0 Å². The van der Waals surface area contributed by atoms with E-state index < -0.39 is 6.04 Å². The molecule has 0 amide bonds. The summed E-state index contributed by atoms with van der Waals surface area (Å²) < 4.78 is 0. The largest absolute Gasteiger partial charge is 0.321 e. The predicted octanol–water partition coefficient (Wildman–Crippen LogP) is 1.87. The number of Topliss-reactive ketones (excluding diaryl/α,β-unsaturated/α-hetero) is 2. The third-order valence-electron chi connectivity index (χ3n) is 3.40. The first kappa shape index (κ1) is 12.0. The Hall–Kier alpha value is -1.48. The topological polar surface area (TPSA) is 60.2 Å². The minimum atomic E-state index is -0.455. The molecule has 0 saturated heterocycles. The van der Waals surface area contributed by atoms with Crippen molar-refractivity contribution >= 4 is 11.6 Å². The molecule has 1 aromatic rings. The molecule has 17 heavy (non-hydrogen) atoms. The van der Waals surface area contributed by atoms with E-state index in [2.05, 4.69) is 0 Å². The van der Waals surface area contributed by atoms with E-state index in [9.17, 15) is 9.59 Å². The maximum absolute atomic E-state index is 12.2. The van der Waals surface area contributed by atoms with Crippen molar-refractivity contribution in [2.45, 2.75) is 32.2 Å². The number of rotatable bonds is 2. The van der Waals surface area contributed by atoms with Crippen LogP contribution in [0.5, 0.6) is 0 Å². The number of aryl methyl sites for hydroxylation is 1. The number of hydrogen-bond donors (Lipinski definition) is 1. The summed E-state index contributed by atoms with van der Waals surface area (Å²) in [4.78, 5) is 23.5. The summed E-state index contributed by atoms with van der Waals surface area (Å²) in [5.74, 6) is 0.108. The van der Waals surface area contributed by atoms with Crippen molar-refractivity contribution in [3.63, 3.8) is 0 Å². The van der Waals surface area contributed by atoms with Gasteiger partial charge in [-0.3, -0.25) is 9.59 Å². The second kappa shape index (κ2) is 4.80. The molecule has 0 bridgehead atoms. The van der Waals surface area contributed by atoms with Crippen LogP contribution in [-0.2, 0) is 4.79 Å². The fourth-order valence-corrected chi connectivity index (χ4v) is 2.25. The van der Waals surface area contributed by atoms with Crippen molar-refractivity contribution < 1.29 is 9.59 Å². The van der Waals surface area contributed by atoms with Crippen LogP contribution in [0.4, 0.5) is 0 Å². The molecule has 2 atom stereocenters. The van der Waals surface area contributed by atoms with Crippen molar-refractivity contribution in [3.05, 3.63) is 35.4 Å². The van der Waals surface area contributed by atoms with Crippen LogP contribution in [0.25, 0.3) is 0 Å². The van der Waals surface area contributed by atoms with Crippen LogP contribution in [0.2, 0.25) is 0 Å². The average Bonchev–Trinajstić information content (AvgIpc) is 2.33. The van der Waals surface area contributed by atoms with Crippen LogP contribution in [0, 0.1) is 12.8 Å². The Balaban J connectivity index is 2.10. The predicted molar refractivity (Wildman–Crippen MR) is 65.8 cm³/mol. The average molecular weight is 231 g/mol. The van der Waals surface area contributed by atoms with Crippen LogP contribution >= 0.6 is 0 Å². The first-order chi connectivity index (χ1) is 8.08. The Morgan fingerprint density at radius 1 is 1.29 bits per heavy atom. The Labute approximate surface area is 101 Å². The van der Waals surface area contributed by atoms with Crippen LogP contribution in [-0.4, -0.2) is 17.6 Å². The Kier molecular flexibility index (Phi) is 3.38. The summed E-state index contributed by atoms with van der Waals surface area (Å²) in [5.41, 5.74) is 7.57. The zero-order chi connectivity index (χ0) is 12.4. The van der Waals surface area contributed by atoms with E-state index in [0.717, 1.165) is 11.1 Å². The van der Waals surface area contributed by atoms with Gasteiger partial charge in [0.15, 0.2) is 5.78 Å². The van der Waals surface area contributed by atoms with Crippen LogP contribution in [0.15, 0.2) is 24.3 Å². The number of carbonyl (C=O) groups is 2. The normalized spacial score (nSPS) is 24.7. The van der Waals surface area contributed by atoms with E-state index in [-0.39, 0.29) is 17.5 Å². The molecule has 0 heterocycles. The van der Waals surface area contributed by atoms with Crippen molar-refractivity contribution in [1.82, 2.24) is 0 Å². The molecule has 2 rings (SSSR count). The second-order valence-electron chi connectivity index (χ2n) is 4.77. The molecule has 3 nitrogen and oxygen atoms in total. The van der Waals surface area contributed by atoms with Gasteiger partial charge in [-0.25, -0.2) is 0 Å². The molecule has 90 valence electrons. The third kappa shape index (κ3) is 2.61. The standard InChI is InChI=1S/C14H17NO2/c1-9-2-4-10(5-3-9)14(17)11-6-7-13(16)12(15)8-11/h2-5,11-12H,6-8,15H2,1H3. The van der Waals surface area contributed by atoms with Crippen molar-refractivity contribution in [1.29, 1.82) is 0 Å². The van der Waals surface area contributed by atoms with Crippen LogP contribution < -0.4 is 5.73 Å². The summed E-state index contributed by atoms with van der Waals surface area (Å²) >= 11 is 0. The molecule has 0 spiro atoms. The molecular weight excluding hydrogens is 214 g/mol. The number of ketones is 2. The van der Waals surface area contributed by atoms with Crippen LogP contribution in [0.1, 0.15) is 35.2 Å². The lowest BCUT2D eigenvalue weighted by atomic mass is 9.81. The fourth-order valence-electron chi connectivity index (χ4n) is 2.25. The summed E-state index contributed by atoms with van der Waals surface area (Å²) in [7, 11) is 0. The van der Waals surface area contributed by atoms with Gasteiger partial charge >= 0.3 is 0 Å². The lowest BCUT2D eigenvalue weighted by Gasteiger charge is -2.24. The van der Waals surface area contributed by atoms with Gasteiger partial charge in [-0.1, -0.05) is 29.8 Å². The molecule has 0 radical (unpaired) electrons. The van der Waals surface area contributed by atoms with E-state index in [1.807, 2.05) is 31.2 Å². The molecular formula is C14H17NO2. The molecule has 0 aliphatic heterocycles. The SMILES string of the molecule is Cc1ccc(C(=O)C2CCC(=O)C(N)C2)cc1. The van der Waals surface area contributed by atoms with E-state index in [1.165, 1.54) is 0 Å². The zero-order valence-corrected chi connectivity index (χ0v) is 9.98. The van der Waals surface area contributed by atoms with Crippen molar-refractivity contribution in [2.75, 3.05) is 0 Å². The molecule has 1 fully saturated rings. The highest BCUT2D eigenvalue weighted by molar-refractivity contribution is 5.99. The molecule has 0 aromatic heterocycles. The lowest BCUT2D eigenvalue weighted by Crippen LogP contribution is -2.39. The summed E-state index contributed by atoms with van der Waals surface area (Å²) in [6, 6.07) is 7.10. The van der Waals surface area contributed by atoms with Gasteiger partial charge in [0.1, 0.15) is 5.78 Å². The quantitative estimate of drug-likeness (QED) is 0.790. The first-order valence-electron chi connectivity index (χ1n) is 5.97. The van der Waals surface area contributed by atoms with E-state index in [4.69, 9.17) is 5.73 Å². The highest BCUT2D eigenvalue weighted by Gasteiger charge is 2.30. The van der Waals surface area contributed by atoms with Gasteiger partial charge in [0.05, 0.1) is 6.04 Å². The number of nitrogens with two attached hydrogens (primary N) is 1. The van der Waals surface area contributed by atoms with Gasteiger partial charge in [-0.15, -0.1) is 0 Å². The van der Waals surface area contributed by atoms with E-state index >= 15 is 0 Å². The smallest absolute Gasteiger partial charge is 0.166 e. The maximum Gasteiger partial charge on any atom is 0.166 e. The maximum atomic E-state index is 12.2.